The number of aromatic nitrogens is 3. The maximum Gasteiger partial charge on any atom is 0.251 e. The lowest BCUT2D eigenvalue weighted by atomic mass is 10.1. The number of carbonyl (C=O) groups is 1. The van der Waals surface area contributed by atoms with Gasteiger partial charge in [-0.3, -0.25) is 4.79 Å². The summed E-state index contributed by atoms with van der Waals surface area (Å²) in [5.41, 5.74) is 3.23. The van der Waals surface area contributed by atoms with Crippen LogP contribution in [0.1, 0.15) is 30.1 Å². The van der Waals surface area contributed by atoms with E-state index in [0.29, 0.717) is 30.6 Å². The number of rotatable bonds is 7. The van der Waals surface area contributed by atoms with Gasteiger partial charge in [-0.2, -0.15) is 4.98 Å². The van der Waals surface area contributed by atoms with Gasteiger partial charge < -0.3 is 29.6 Å². The molecule has 1 amide bonds. The molecule has 32 heavy (non-hydrogen) atoms. The molecule has 0 saturated carbocycles. The Labute approximate surface area is 191 Å². The van der Waals surface area contributed by atoms with Crippen LogP contribution < -0.4 is 15.4 Å². The molecule has 0 aromatic carbocycles. The number of allylic oxidation sites excluding steroid dienone is 1. The molecule has 4 heterocycles. The lowest BCUT2D eigenvalue weighted by molar-refractivity contribution is 0.0243. The lowest BCUT2D eigenvalue weighted by Crippen LogP contribution is -2.26. The number of hydrogen-bond acceptors (Lipinski definition) is 8. The molecule has 4 rings (SSSR count). The number of nitrogens with one attached hydrogen (secondary N) is 2. The van der Waals surface area contributed by atoms with Gasteiger partial charge in [0, 0.05) is 57.5 Å². The molecule has 1 saturated heterocycles. The van der Waals surface area contributed by atoms with Crippen molar-refractivity contribution < 1.29 is 14.3 Å². The van der Waals surface area contributed by atoms with Crippen molar-refractivity contribution in [3.8, 4) is 5.88 Å². The number of nitrogens with zero attached hydrogens (tertiary/aromatic N) is 4. The van der Waals surface area contributed by atoms with Gasteiger partial charge >= 0.3 is 0 Å². The van der Waals surface area contributed by atoms with Crippen molar-refractivity contribution >= 4 is 44.9 Å². The molecule has 3 aromatic rings. The highest BCUT2D eigenvalue weighted by Crippen LogP contribution is 2.31. The first kappa shape index (κ1) is 22.1. The van der Waals surface area contributed by atoms with Crippen LogP contribution in [0.3, 0.4) is 0 Å². The first-order valence-electron chi connectivity index (χ1n) is 10.5. The van der Waals surface area contributed by atoms with E-state index in [0.717, 1.165) is 34.6 Å². The minimum absolute atomic E-state index is 0.0396. The normalized spacial score (nSPS) is 15.1. The Bertz CT molecular complexity index is 1130. The molecule has 1 fully saturated rings. The molecule has 1 aliphatic heterocycles. The summed E-state index contributed by atoms with van der Waals surface area (Å²) < 4.78 is 13.9. The van der Waals surface area contributed by atoms with Gasteiger partial charge in [-0.25, -0.2) is 4.98 Å². The van der Waals surface area contributed by atoms with E-state index in [2.05, 4.69) is 10.6 Å². The zero-order chi connectivity index (χ0) is 22.7. The largest absolute Gasteiger partial charge is 0.473 e. The van der Waals surface area contributed by atoms with Crippen LogP contribution in [0.25, 0.3) is 16.7 Å². The molecule has 170 valence electrons. The quantitative estimate of drug-likeness (QED) is 0.562. The first-order valence-corrected chi connectivity index (χ1v) is 11.4. The minimum atomic E-state index is -0.130. The van der Waals surface area contributed by atoms with E-state index in [1.807, 2.05) is 48.9 Å². The average molecular weight is 457 g/mol. The molecule has 10 heteroatoms. The summed E-state index contributed by atoms with van der Waals surface area (Å²) in [5.74, 6) is 0.829. The third kappa shape index (κ3) is 4.86. The monoisotopic (exact) mass is 456 g/mol. The van der Waals surface area contributed by atoms with Crippen molar-refractivity contribution in [3.63, 3.8) is 0 Å². The second-order valence-electron chi connectivity index (χ2n) is 7.84. The van der Waals surface area contributed by atoms with E-state index in [4.69, 9.17) is 19.4 Å². The van der Waals surface area contributed by atoms with Gasteiger partial charge in [0.1, 0.15) is 11.6 Å². The molecule has 0 unspecified atom stereocenters. The predicted octanol–water partition coefficient (Wildman–Crippen LogP) is 3.53. The highest BCUT2D eigenvalue weighted by atomic mass is 32.1. The summed E-state index contributed by atoms with van der Waals surface area (Å²) in [6, 6.07) is 3.74. The third-order valence-electron chi connectivity index (χ3n) is 5.10. The number of ether oxygens (including phenoxy) is 2. The Hall–Kier alpha value is -3.11. The highest BCUT2D eigenvalue weighted by molar-refractivity contribution is 7.14. The number of amides is 1. The van der Waals surface area contributed by atoms with Crippen molar-refractivity contribution in [1.82, 2.24) is 24.8 Å². The van der Waals surface area contributed by atoms with Gasteiger partial charge in [-0.1, -0.05) is 0 Å². The van der Waals surface area contributed by atoms with E-state index in [1.165, 1.54) is 11.3 Å². The van der Waals surface area contributed by atoms with Crippen LogP contribution in [0.4, 0.5) is 10.9 Å². The van der Waals surface area contributed by atoms with Crippen molar-refractivity contribution in [2.24, 2.45) is 0 Å². The van der Waals surface area contributed by atoms with Gasteiger partial charge in [0.25, 0.3) is 5.91 Å². The first-order chi connectivity index (χ1) is 15.4. The summed E-state index contributed by atoms with van der Waals surface area (Å²) in [6.07, 6.45) is 5.70. The zero-order valence-electron chi connectivity index (χ0n) is 18.7. The van der Waals surface area contributed by atoms with E-state index in [1.54, 1.807) is 18.5 Å². The smallest absolute Gasteiger partial charge is 0.251 e. The fourth-order valence-electron chi connectivity index (χ4n) is 3.61. The Kier molecular flexibility index (Phi) is 6.61. The Morgan fingerprint density at radius 1 is 1.34 bits per heavy atom. The average Bonchev–Trinajstić information content (AvgIpc) is 3.41. The summed E-state index contributed by atoms with van der Waals surface area (Å²) in [4.78, 5) is 23.3. The second-order valence-corrected chi connectivity index (χ2v) is 8.75. The van der Waals surface area contributed by atoms with Crippen LogP contribution in [0.2, 0.25) is 0 Å². The summed E-state index contributed by atoms with van der Waals surface area (Å²) in [7, 11) is 5.59. The molecular weight excluding hydrogens is 428 g/mol. The van der Waals surface area contributed by atoms with E-state index in [9.17, 15) is 4.79 Å². The molecule has 0 radical (unpaired) electrons. The molecular formula is C22H28N6O3S. The standard InChI is InChI=1S/C22H28N6O3S/c1-14(12-27(3)4)28-8-5-17-19(28)21(31-16-6-9-30-10-7-16)26-22(24-17)25-18-11-15(13-32-18)20(29)23-2/h5,8,11-13,16H,6-7,9-10H2,1-4H3,(H,23,29)(H,24,25,26)/b14-12+. The molecule has 3 aromatic heterocycles. The molecule has 0 aliphatic carbocycles. The van der Waals surface area contributed by atoms with Gasteiger partial charge in [-0.15, -0.1) is 11.3 Å². The Morgan fingerprint density at radius 3 is 2.84 bits per heavy atom. The molecule has 9 nitrogen and oxygen atoms in total. The predicted molar refractivity (Wildman–Crippen MR) is 127 cm³/mol. The van der Waals surface area contributed by atoms with Crippen molar-refractivity contribution in [2.45, 2.75) is 25.9 Å². The van der Waals surface area contributed by atoms with E-state index < -0.39 is 0 Å². The zero-order valence-corrected chi connectivity index (χ0v) is 19.5. The minimum Gasteiger partial charge on any atom is -0.473 e. The Balaban J connectivity index is 1.71. The summed E-state index contributed by atoms with van der Waals surface area (Å²) >= 11 is 1.42. The third-order valence-corrected chi connectivity index (χ3v) is 5.94. The number of carbonyl (C=O) groups excluding carboxylic acids is 1. The molecule has 2 N–H and O–H groups in total. The van der Waals surface area contributed by atoms with Crippen LogP contribution in [0.15, 0.2) is 29.9 Å². The summed E-state index contributed by atoms with van der Waals surface area (Å²) in [6.45, 7) is 3.40. The Morgan fingerprint density at radius 2 is 2.12 bits per heavy atom. The van der Waals surface area contributed by atoms with Crippen molar-refractivity contribution in [1.29, 1.82) is 0 Å². The molecule has 0 spiro atoms. The fraction of sp³-hybridized carbons (Fsp3) is 0.409. The van der Waals surface area contributed by atoms with E-state index >= 15 is 0 Å². The van der Waals surface area contributed by atoms with Gasteiger partial charge in [-0.05, 0) is 19.1 Å². The van der Waals surface area contributed by atoms with Crippen molar-refractivity contribution in [2.75, 3.05) is 39.7 Å². The van der Waals surface area contributed by atoms with Crippen LogP contribution >= 0.6 is 11.3 Å². The highest BCUT2D eigenvalue weighted by Gasteiger charge is 2.21. The maximum absolute atomic E-state index is 11.9. The van der Waals surface area contributed by atoms with Gasteiger partial charge in [0.05, 0.1) is 29.3 Å². The van der Waals surface area contributed by atoms with Crippen LogP contribution in [0, 0.1) is 0 Å². The number of hydrogen-bond donors (Lipinski definition) is 2. The SMILES string of the molecule is CNC(=O)c1csc(Nc2nc(OC3CCOCC3)c3c(ccn3/C(C)=C/N(C)C)n2)c1. The van der Waals surface area contributed by atoms with Crippen molar-refractivity contribution in [3.05, 3.63) is 35.5 Å². The summed E-state index contributed by atoms with van der Waals surface area (Å²) in [5, 5.41) is 8.43. The van der Waals surface area contributed by atoms with Gasteiger partial charge in [0.15, 0.2) is 0 Å². The second kappa shape index (κ2) is 9.58. The lowest BCUT2D eigenvalue weighted by Gasteiger charge is -2.23. The molecule has 0 atom stereocenters. The van der Waals surface area contributed by atoms with Crippen LogP contribution in [0.5, 0.6) is 5.88 Å². The fourth-order valence-corrected chi connectivity index (χ4v) is 4.38. The number of anilines is 2. The van der Waals surface area contributed by atoms with E-state index in [-0.39, 0.29) is 12.0 Å². The maximum atomic E-state index is 11.9. The van der Waals surface area contributed by atoms with Crippen LogP contribution in [-0.2, 0) is 4.74 Å². The topological polar surface area (TPSA) is 93.5 Å². The number of thiophene rings is 1. The number of fused-ring (bicyclic) bond motifs is 1. The van der Waals surface area contributed by atoms with Crippen LogP contribution in [-0.4, -0.2) is 65.8 Å². The van der Waals surface area contributed by atoms with Gasteiger partial charge in [0.2, 0.25) is 11.8 Å². The molecule has 0 bridgehead atoms. The molecule has 1 aliphatic rings.